The van der Waals surface area contributed by atoms with E-state index in [4.69, 9.17) is 4.74 Å². The predicted octanol–water partition coefficient (Wildman–Crippen LogP) is 3.03. The lowest BCUT2D eigenvalue weighted by molar-refractivity contribution is -0.116. The molecule has 1 aromatic rings. The van der Waals surface area contributed by atoms with E-state index >= 15 is 0 Å². The Labute approximate surface area is 106 Å². The van der Waals surface area contributed by atoms with Crippen molar-refractivity contribution in [3.8, 4) is 0 Å². The lowest BCUT2D eigenvalue weighted by atomic mass is 9.94. The summed E-state index contributed by atoms with van der Waals surface area (Å²) in [5, 5.41) is 0. The summed E-state index contributed by atoms with van der Waals surface area (Å²) in [7, 11) is 0. The summed E-state index contributed by atoms with van der Waals surface area (Å²) in [6, 6.07) is 7.18. The SMILES string of the molecule is Cc1ccc(C(=O)OC2=CC(=O)CC(C)C2)cc1. The van der Waals surface area contributed by atoms with E-state index in [-0.39, 0.29) is 11.7 Å². The molecule has 3 nitrogen and oxygen atoms in total. The Balaban J connectivity index is 2.07. The second-order valence-corrected chi connectivity index (χ2v) is 4.85. The Morgan fingerprint density at radius 2 is 1.89 bits per heavy atom. The Kier molecular flexibility index (Phi) is 3.60. The van der Waals surface area contributed by atoms with Gasteiger partial charge in [0.1, 0.15) is 5.76 Å². The zero-order valence-electron chi connectivity index (χ0n) is 10.6. The van der Waals surface area contributed by atoms with Crippen LogP contribution in [0.15, 0.2) is 36.1 Å². The Morgan fingerprint density at radius 1 is 1.22 bits per heavy atom. The van der Waals surface area contributed by atoms with Gasteiger partial charge in [-0.05, 0) is 25.0 Å². The van der Waals surface area contributed by atoms with Crippen molar-refractivity contribution in [1.29, 1.82) is 0 Å². The zero-order chi connectivity index (χ0) is 13.1. The quantitative estimate of drug-likeness (QED) is 0.751. The van der Waals surface area contributed by atoms with Crippen LogP contribution in [0.2, 0.25) is 0 Å². The lowest BCUT2D eigenvalue weighted by Crippen LogP contribution is -2.15. The van der Waals surface area contributed by atoms with Gasteiger partial charge in [0.2, 0.25) is 0 Å². The maximum absolute atomic E-state index is 11.9. The lowest BCUT2D eigenvalue weighted by Gasteiger charge is -2.17. The fourth-order valence-corrected chi connectivity index (χ4v) is 2.00. The topological polar surface area (TPSA) is 43.4 Å². The Hall–Kier alpha value is -1.90. The van der Waals surface area contributed by atoms with E-state index in [1.807, 2.05) is 26.0 Å². The summed E-state index contributed by atoms with van der Waals surface area (Å²) in [4.78, 5) is 23.2. The number of rotatable bonds is 2. The molecule has 0 fully saturated rings. The molecular formula is C15H16O3. The first-order valence-electron chi connectivity index (χ1n) is 6.07. The maximum Gasteiger partial charge on any atom is 0.343 e. The molecule has 0 radical (unpaired) electrons. The molecule has 94 valence electrons. The molecule has 0 saturated carbocycles. The van der Waals surface area contributed by atoms with Gasteiger partial charge in [-0.2, -0.15) is 0 Å². The highest BCUT2D eigenvalue weighted by Crippen LogP contribution is 2.23. The molecular weight excluding hydrogens is 228 g/mol. The van der Waals surface area contributed by atoms with Crippen LogP contribution in [0.25, 0.3) is 0 Å². The molecule has 0 heterocycles. The van der Waals surface area contributed by atoms with Gasteiger partial charge in [-0.25, -0.2) is 4.79 Å². The average molecular weight is 244 g/mol. The van der Waals surface area contributed by atoms with Crippen molar-refractivity contribution in [3.63, 3.8) is 0 Å². The highest BCUT2D eigenvalue weighted by atomic mass is 16.5. The third-order valence-corrected chi connectivity index (χ3v) is 2.93. The predicted molar refractivity (Wildman–Crippen MR) is 68.1 cm³/mol. The second-order valence-electron chi connectivity index (χ2n) is 4.85. The molecule has 0 saturated heterocycles. The fourth-order valence-electron chi connectivity index (χ4n) is 2.00. The van der Waals surface area contributed by atoms with E-state index in [1.165, 1.54) is 6.08 Å². The summed E-state index contributed by atoms with van der Waals surface area (Å²) in [6.07, 6.45) is 2.61. The van der Waals surface area contributed by atoms with Gasteiger partial charge in [0.05, 0.1) is 5.56 Å². The first-order chi connectivity index (χ1) is 8.54. The van der Waals surface area contributed by atoms with Crippen molar-refractivity contribution in [2.24, 2.45) is 5.92 Å². The Morgan fingerprint density at radius 3 is 2.50 bits per heavy atom. The van der Waals surface area contributed by atoms with Crippen LogP contribution in [0.3, 0.4) is 0 Å². The molecule has 0 aliphatic heterocycles. The minimum atomic E-state index is -0.400. The normalized spacial score (nSPS) is 19.3. The molecule has 2 rings (SSSR count). The number of allylic oxidation sites excluding steroid dienone is 2. The molecule has 1 aromatic carbocycles. The average Bonchev–Trinajstić information content (AvgIpc) is 2.28. The van der Waals surface area contributed by atoms with Gasteiger partial charge < -0.3 is 4.74 Å². The Bertz CT molecular complexity index is 497. The van der Waals surface area contributed by atoms with Gasteiger partial charge in [0, 0.05) is 18.9 Å². The number of hydrogen-bond donors (Lipinski definition) is 0. The second kappa shape index (κ2) is 5.17. The minimum Gasteiger partial charge on any atom is -0.427 e. The van der Waals surface area contributed by atoms with Gasteiger partial charge in [-0.3, -0.25) is 4.79 Å². The summed E-state index contributed by atoms with van der Waals surface area (Å²) in [5.74, 6) is 0.344. The molecule has 1 unspecified atom stereocenters. The minimum absolute atomic E-state index is 0.0282. The number of hydrogen-bond acceptors (Lipinski definition) is 3. The van der Waals surface area contributed by atoms with Crippen LogP contribution < -0.4 is 0 Å². The largest absolute Gasteiger partial charge is 0.427 e. The van der Waals surface area contributed by atoms with E-state index in [0.29, 0.717) is 24.2 Å². The van der Waals surface area contributed by atoms with E-state index in [0.717, 1.165) is 5.56 Å². The first kappa shape index (κ1) is 12.6. The van der Waals surface area contributed by atoms with Crippen LogP contribution in [0.4, 0.5) is 0 Å². The van der Waals surface area contributed by atoms with Crippen LogP contribution in [0.1, 0.15) is 35.7 Å². The van der Waals surface area contributed by atoms with Crippen molar-refractivity contribution in [2.45, 2.75) is 26.7 Å². The van der Waals surface area contributed by atoms with Crippen LogP contribution in [-0.2, 0) is 9.53 Å². The summed E-state index contributed by atoms with van der Waals surface area (Å²) in [5.41, 5.74) is 1.60. The van der Waals surface area contributed by atoms with Crippen LogP contribution in [0, 0.1) is 12.8 Å². The number of benzene rings is 1. The van der Waals surface area contributed by atoms with E-state index in [9.17, 15) is 9.59 Å². The fraction of sp³-hybridized carbons (Fsp3) is 0.333. The van der Waals surface area contributed by atoms with Gasteiger partial charge in [-0.15, -0.1) is 0 Å². The molecule has 0 bridgehead atoms. The molecule has 3 heteroatoms. The monoisotopic (exact) mass is 244 g/mol. The van der Waals surface area contributed by atoms with E-state index in [2.05, 4.69) is 0 Å². The molecule has 0 aromatic heterocycles. The first-order valence-corrected chi connectivity index (χ1v) is 6.07. The molecule has 1 aliphatic carbocycles. The third-order valence-electron chi connectivity index (χ3n) is 2.93. The summed E-state index contributed by atoms with van der Waals surface area (Å²) >= 11 is 0. The maximum atomic E-state index is 11.9. The van der Waals surface area contributed by atoms with Crippen LogP contribution in [-0.4, -0.2) is 11.8 Å². The van der Waals surface area contributed by atoms with E-state index in [1.54, 1.807) is 12.1 Å². The number of carbonyl (C=O) groups excluding carboxylic acids is 2. The standard InChI is InChI=1S/C15H16O3/c1-10-3-5-12(6-4-10)15(17)18-14-8-11(2)7-13(16)9-14/h3-6,9,11H,7-8H2,1-2H3. The molecule has 0 N–H and O–H groups in total. The van der Waals surface area contributed by atoms with E-state index < -0.39 is 5.97 Å². The van der Waals surface area contributed by atoms with Crippen LogP contribution >= 0.6 is 0 Å². The summed E-state index contributed by atoms with van der Waals surface area (Å²) in [6.45, 7) is 3.93. The highest BCUT2D eigenvalue weighted by Gasteiger charge is 2.20. The van der Waals surface area contributed by atoms with Crippen molar-refractivity contribution in [3.05, 3.63) is 47.2 Å². The van der Waals surface area contributed by atoms with Gasteiger partial charge in [-0.1, -0.05) is 24.6 Å². The molecule has 0 amide bonds. The zero-order valence-corrected chi connectivity index (χ0v) is 10.6. The van der Waals surface area contributed by atoms with Crippen molar-refractivity contribution in [1.82, 2.24) is 0 Å². The molecule has 18 heavy (non-hydrogen) atoms. The molecule has 0 spiro atoms. The van der Waals surface area contributed by atoms with Gasteiger partial charge >= 0.3 is 5.97 Å². The number of carbonyl (C=O) groups is 2. The number of esters is 1. The van der Waals surface area contributed by atoms with Crippen LogP contribution in [0.5, 0.6) is 0 Å². The molecule has 1 aliphatic rings. The summed E-state index contributed by atoms with van der Waals surface area (Å²) < 4.78 is 5.26. The third kappa shape index (κ3) is 3.06. The highest BCUT2D eigenvalue weighted by molar-refractivity contribution is 5.93. The van der Waals surface area contributed by atoms with Gasteiger partial charge in [0.25, 0.3) is 0 Å². The number of ketones is 1. The smallest absolute Gasteiger partial charge is 0.343 e. The van der Waals surface area contributed by atoms with Crippen molar-refractivity contribution < 1.29 is 14.3 Å². The number of ether oxygens (including phenoxy) is 1. The molecule has 1 atom stereocenters. The van der Waals surface area contributed by atoms with Gasteiger partial charge in [0.15, 0.2) is 5.78 Å². The van der Waals surface area contributed by atoms with Crippen molar-refractivity contribution in [2.75, 3.05) is 0 Å². The number of aryl methyl sites for hydroxylation is 1. The van der Waals surface area contributed by atoms with Crippen molar-refractivity contribution >= 4 is 11.8 Å².